The summed E-state index contributed by atoms with van der Waals surface area (Å²) in [5.74, 6) is -0.217. The number of methoxy groups -OCH3 is 1. The molecule has 2 N–H and O–H groups in total. The van der Waals surface area contributed by atoms with Crippen molar-refractivity contribution in [1.29, 1.82) is 0 Å². The molecule has 6 nitrogen and oxygen atoms in total. The number of aliphatic imine (C=N–C) groups is 1. The van der Waals surface area contributed by atoms with Crippen molar-refractivity contribution in [3.8, 4) is 5.88 Å². The summed E-state index contributed by atoms with van der Waals surface area (Å²) in [5.41, 5.74) is 7.70. The maximum atomic E-state index is 14.9. The summed E-state index contributed by atoms with van der Waals surface area (Å²) in [6, 6.07) is 4.73. The van der Waals surface area contributed by atoms with E-state index in [1.807, 2.05) is 6.92 Å². The third-order valence-electron chi connectivity index (χ3n) is 5.36. The Kier molecular flexibility index (Phi) is 5.12. The number of rotatable bonds is 5. The van der Waals surface area contributed by atoms with Gasteiger partial charge in [0.05, 0.1) is 19.5 Å². The first kappa shape index (κ1) is 19.6. The molecule has 8 heteroatoms. The number of allylic oxidation sites excluding steroid dienone is 1. The van der Waals surface area contributed by atoms with E-state index in [4.69, 9.17) is 10.5 Å². The lowest BCUT2D eigenvalue weighted by Crippen LogP contribution is -2.30. The molecule has 1 unspecified atom stereocenters. The lowest BCUT2D eigenvalue weighted by atomic mass is 9.82. The number of Topliss-reactive ketones (excluding diaryl/α,β-unsaturated/α-hetero) is 1. The van der Waals surface area contributed by atoms with Gasteiger partial charge in [-0.25, -0.2) is 19.4 Å². The highest BCUT2D eigenvalue weighted by atomic mass is 32.2. The summed E-state index contributed by atoms with van der Waals surface area (Å²) in [6.07, 6.45) is 5.71. The van der Waals surface area contributed by atoms with Crippen LogP contribution in [0.25, 0.3) is 0 Å². The number of ketones is 1. The maximum absolute atomic E-state index is 14.9. The number of halogens is 1. The normalized spacial score (nSPS) is 21.0. The van der Waals surface area contributed by atoms with Crippen molar-refractivity contribution in [2.75, 3.05) is 7.11 Å². The number of benzene rings is 1. The van der Waals surface area contributed by atoms with Crippen LogP contribution in [0, 0.1) is 5.82 Å². The quantitative estimate of drug-likeness (QED) is 0.752. The topological polar surface area (TPSA) is 90.5 Å². The molecule has 1 aliphatic carbocycles. The van der Waals surface area contributed by atoms with Crippen molar-refractivity contribution in [2.24, 2.45) is 10.7 Å². The average molecular weight is 412 g/mol. The number of ether oxygens (including phenoxy) is 1. The van der Waals surface area contributed by atoms with Gasteiger partial charge in [0.1, 0.15) is 17.1 Å². The molecule has 0 fully saturated rings. The molecule has 1 aliphatic heterocycles. The molecule has 0 spiro atoms. The Morgan fingerprint density at radius 3 is 2.86 bits per heavy atom. The number of carbonyl (C=O) groups excluding carboxylic acids is 1. The van der Waals surface area contributed by atoms with Crippen LogP contribution in [0.3, 0.4) is 0 Å². The first-order valence-electron chi connectivity index (χ1n) is 9.34. The smallest absolute Gasteiger partial charge is 0.232 e. The molecule has 0 radical (unpaired) electrons. The van der Waals surface area contributed by atoms with Gasteiger partial charge in [0, 0.05) is 12.0 Å². The Hall–Kier alpha value is -2.74. The van der Waals surface area contributed by atoms with Gasteiger partial charge in [-0.15, -0.1) is 0 Å². The van der Waals surface area contributed by atoms with Gasteiger partial charge < -0.3 is 10.5 Å². The van der Waals surface area contributed by atoms with Crippen molar-refractivity contribution in [1.82, 2.24) is 9.97 Å². The minimum absolute atomic E-state index is 0.0875. The fourth-order valence-corrected chi connectivity index (χ4v) is 5.05. The lowest BCUT2D eigenvalue weighted by molar-refractivity contribution is 0.0987. The van der Waals surface area contributed by atoms with Crippen LogP contribution < -0.4 is 10.5 Å². The Morgan fingerprint density at radius 2 is 2.14 bits per heavy atom. The largest absolute Gasteiger partial charge is 0.480 e. The SMILES string of the molecule is COc1cnc(C(=O)Cc2ccc(F)c(C3(C)N=C(N)SC4=C3CCC4)c2)cn1. The fourth-order valence-electron chi connectivity index (χ4n) is 3.90. The van der Waals surface area contributed by atoms with Crippen molar-refractivity contribution in [3.63, 3.8) is 0 Å². The molecule has 2 heterocycles. The highest BCUT2D eigenvalue weighted by Crippen LogP contribution is 2.50. The Labute approximate surface area is 172 Å². The molecule has 2 aliphatic rings. The molecule has 29 heavy (non-hydrogen) atoms. The standard InChI is InChI=1S/C21H21FN4O2S/c1-21(13-4-3-5-18(13)29-20(23)26-21)14-8-12(6-7-15(14)22)9-17(27)16-10-25-19(28-2)11-24-16/h6-8,10-11H,3-5,9H2,1-2H3,(H2,23,26). The summed E-state index contributed by atoms with van der Waals surface area (Å²) in [7, 11) is 1.48. The van der Waals surface area contributed by atoms with E-state index in [0.717, 1.165) is 24.8 Å². The van der Waals surface area contributed by atoms with Crippen LogP contribution in [0.1, 0.15) is 47.8 Å². The molecule has 4 rings (SSSR count). The lowest BCUT2D eigenvalue weighted by Gasteiger charge is -2.33. The monoisotopic (exact) mass is 412 g/mol. The van der Waals surface area contributed by atoms with Gasteiger partial charge in [0.15, 0.2) is 11.0 Å². The Bertz CT molecular complexity index is 1040. The zero-order valence-corrected chi connectivity index (χ0v) is 17.1. The number of thioether (sulfide) groups is 1. The average Bonchev–Trinajstić information content (AvgIpc) is 3.18. The molecule has 150 valence electrons. The van der Waals surface area contributed by atoms with Gasteiger partial charge in [-0.2, -0.15) is 0 Å². The van der Waals surface area contributed by atoms with E-state index in [0.29, 0.717) is 22.2 Å². The fraction of sp³-hybridized carbons (Fsp3) is 0.333. The zero-order chi connectivity index (χ0) is 20.6. The van der Waals surface area contributed by atoms with Crippen LogP contribution in [-0.4, -0.2) is 28.0 Å². The first-order valence-corrected chi connectivity index (χ1v) is 10.2. The summed E-state index contributed by atoms with van der Waals surface area (Å²) in [4.78, 5) is 26.5. The minimum Gasteiger partial charge on any atom is -0.480 e. The van der Waals surface area contributed by atoms with Crippen molar-refractivity contribution >= 4 is 22.7 Å². The maximum Gasteiger partial charge on any atom is 0.232 e. The number of nitrogens with two attached hydrogens (primary N) is 1. The molecule has 1 aromatic carbocycles. The van der Waals surface area contributed by atoms with E-state index in [1.165, 1.54) is 42.2 Å². The predicted octanol–water partition coefficient (Wildman–Crippen LogP) is 3.76. The summed E-state index contributed by atoms with van der Waals surface area (Å²) >= 11 is 1.48. The number of hydrogen-bond acceptors (Lipinski definition) is 7. The van der Waals surface area contributed by atoms with Crippen LogP contribution >= 0.6 is 11.8 Å². The second-order valence-electron chi connectivity index (χ2n) is 7.24. The van der Waals surface area contributed by atoms with Crippen LogP contribution in [0.5, 0.6) is 5.88 Å². The van der Waals surface area contributed by atoms with Crippen molar-refractivity contribution in [2.45, 2.75) is 38.1 Å². The van der Waals surface area contributed by atoms with Gasteiger partial charge in [-0.3, -0.25) is 4.79 Å². The van der Waals surface area contributed by atoms with Crippen LogP contribution in [0.4, 0.5) is 4.39 Å². The number of carbonyl (C=O) groups is 1. The molecule has 0 amide bonds. The molecule has 0 bridgehead atoms. The van der Waals surface area contributed by atoms with Gasteiger partial charge in [-0.1, -0.05) is 17.8 Å². The number of nitrogens with zero attached hydrogens (tertiary/aromatic N) is 3. The summed E-state index contributed by atoms with van der Waals surface area (Å²) in [5, 5.41) is 0.447. The molecule has 0 saturated carbocycles. The molecular formula is C21H21FN4O2S. The highest BCUT2D eigenvalue weighted by Gasteiger charge is 2.40. The van der Waals surface area contributed by atoms with E-state index in [1.54, 1.807) is 12.1 Å². The van der Waals surface area contributed by atoms with Crippen molar-refractivity contribution < 1.29 is 13.9 Å². The molecular weight excluding hydrogens is 391 g/mol. The number of aromatic nitrogens is 2. The van der Waals surface area contributed by atoms with Gasteiger partial charge in [0.25, 0.3) is 0 Å². The van der Waals surface area contributed by atoms with E-state index < -0.39 is 5.54 Å². The van der Waals surface area contributed by atoms with E-state index in [2.05, 4.69) is 15.0 Å². The van der Waals surface area contributed by atoms with Gasteiger partial charge in [0.2, 0.25) is 5.88 Å². The minimum atomic E-state index is -0.843. The summed E-state index contributed by atoms with van der Waals surface area (Å²) < 4.78 is 19.8. The van der Waals surface area contributed by atoms with Crippen LogP contribution in [0.15, 0.2) is 46.1 Å². The second kappa shape index (κ2) is 7.59. The predicted molar refractivity (Wildman–Crippen MR) is 110 cm³/mol. The summed E-state index contributed by atoms with van der Waals surface area (Å²) in [6.45, 7) is 1.90. The van der Waals surface area contributed by atoms with Crippen LogP contribution in [0.2, 0.25) is 0 Å². The molecule has 1 atom stereocenters. The third kappa shape index (κ3) is 3.64. The first-order chi connectivity index (χ1) is 13.9. The Balaban J connectivity index is 1.66. The van der Waals surface area contributed by atoms with Gasteiger partial charge in [-0.05, 0) is 54.4 Å². The highest BCUT2D eigenvalue weighted by molar-refractivity contribution is 8.17. The van der Waals surface area contributed by atoms with Crippen molar-refractivity contribution in [3.05, 3.63) is 63.7 Å². The van der Waals surface area contributed by atoms with Crippen LogP contribution in [-0.2, 0) is 12.0 Å². The van der Waals surface area contributed by atoms with E-state index >= 15 is 0 Å². The Morgan fingerprint density at radius 1 is 1.31 bits per heavy atom. The second-order valence-corrected chi connectivity index (χ2v) is 8.35. The van der Waals surface area contributed by atoms with E-state index in [9.17, 15) is 9.18 Å². The number of amidine groups is 1. The molecule has 0 saturated heterocycles. The zero-order valence-electron chi connectivity index (χ0n) is 16.2. The molecule has 2 aromatic rings. The van der Waals surface area contributed by atoms with E-state index in [-0.39, 0.29) is 23.7 Å². The molecule has 1 aromatic heterocycles. The number of hydrogen-bond donors (Lipinski definition) is 1. The van der Waals surface area contributed by atoms with Gasteiger partial charge >= 0.3 is 0 Å². The third-order valence-corrected chi connectivity index (χ3v) is 6.36.